The van der Waals surface area contributed by atoms with Crippen molar-refractivity contribution in [2.24, 2.45) is 0 Å². The molecule has 0 aromatic heterocycles. The van der Waals surface area contributed by atoms with Gasteiger partial charge in [0.15, 0.2) is 0 Å². The van der Waals surface area contributed by atoms with E-state index in [1.807, 2.05) is 37.3 Å². The summed E-state index contributed by atoms with van der Waals surface area (Å²) in [4.78, 5) is 39.6. The van der Waals surface area contributed by atoms with Gasteiger partial charge in [0.1, 0.15) is 17.9 Å². The van der Waals surface area contributed by atoms with Crippen LogP contribution in [0.3, 0.4) is 0 Å². The molecule has 0 radical (unpaired) electrons. The number of nitrogens with zero attached hydrogens (tertiary/aromatic N) is 1. The van der Waals surface area contributed by atoms with Gasteiger partial charge in [-0.05, 0) is 36.8 Å². The number of esters is 1. The molecule has 2 amide bonds. The van der Waals surface area contributed by atoms with Crippen LogP contribution in [-0.4, -0.2) is 61.7 Å². The lowest BCUT2D eigenvalue weighted by atomic mass is 9.86. The van der Waals surface area contributed by atoms with E-state index >= 15 is 0 Å². The Balaban J connectivity index is 1.74. The summed E-state index contributed by atoms with van der Waals surface area (Å²) in [6.45, 7) is 4.67. The highest BCUT2D eigenvalue weighted by atomic mass is 16.5. The van der Waals surface area contributed by atoms with Crippen molar-refractivity contribution >= 4 is 17.8 Å². The van der Waals surface area contributed by atoms with Crippen molar-refractivity contribution in [1.29, 1.82) is 0 Å². The molecule has 2 aromatic rings. The number of methoxy groups -OCH3 is 1. The molecule has 0 saturated carbocycles. The third kappa shape index (κ3) is 5.94. The Morgan fingerprint density at radius 2 is 1.71 bits per heavy atom. The quantitative estimate of drug-likeness (QED) is 0.569. The van der Waals surface area contributed by atoms with Crippen LogP contribution in [0.15, 0.2) is 54.6 Å². The molecule has 0 spiro atoms. The van der Waals surface area contributed by atoms with E-state index in [2.05, 4.69) is 5.32 Å². The molecular weight excluding hydrogens is 436 g/mol. The standard InChI is InChI=1S/C26H32N2O6/c1-19(21-9-11-22(12-10-21)24(30)32-3)27-25(31)26(13-16-33-17-14-26)28(20(2)29)15-18-34-23-7-5-4-6-8-23/h4-12,19H,13-18H2,1-3H3,(H,27,31). The number of benzene rings is 2. The smallest absolute Gasteiger partial charge is 0.337 e. The minimum absolute atomic E-state index is 0.191. The number of amides is 2. The summed E-state index contributed by atoms with van der Waals surface area (Å²) < 4.78 is 16.1. The number of carbonyl (C=O) groups is 3. The summed E-state index contributed by atoms with van der Waals surface area (Å²) >= 11 is 0. The van der Waals surface area contributed by atoms with Crippen LogP contribution in [0, 0.1) is 0 Å². The van der Waals surface area contributed by atoms with Crippen LogP contribution >= 0.6 is 0 Å². The van der Waals surface area contributed by atoms with Gasteiger partial charge in [-0.25, -0.2) is 4.79 Å². The molecule has 1 N–H and O–H groups in total. The first kappa shape index (κ1) is 25.2. The van der Waals surface area contributed by atoms with Gasteiger partial charge < -0.3 is 24.4 Å². The van der Waals surface area contributed by atoms with Crippen LogP contribution in [0.25, 0.3) is 0 Å². The van der Waals surface area contributed by atoms with Crippen molar-refractivity contribution < 1.29 is 28.6 Å². The molecule has 1 atom stereocenters. The van der Waals surface area contributed by atoms with E-state index < -0.39 is 11.5 Å². The van der Waals surface area contributed by atoms with E-state index in [9.17, 15) is 14.4 Å². The normalized spacial score (nSPS) is 15.6. The Morgan fingerprint density at radius 1 is 1.06 bits per heavy atom. The van der Waals surface area contributed by atoms with Crippen molar-refractivity contribution in [2.45, 2.75) is 38.3 Å². The van der Waals surface area contributed by atoms with Gasteiger partial charge in [0.2, 0.25) is 11.8 Å². The number of rotatable bonds is 9. The maximum absolute atomic E-state index is 13.6. The Labute approximate surface area is 200 Å². The third-order valence-electron chi connectivity index (χ3n) is 6.15. The fourth-order valence-corrected chi connectivity index (χ4v) is 4.21. The topological polar surface area (TPSA) is 94.2 Å². The summed E-state index contributed by atoms with van der Waals surface area (Å²) in [6.07, 6.45) is 0.801. The lowest BCUT2D eigenvalue weighted by molar-refractivity contribution is -0.154. The molecule has 2 aromatic carbocycles. The Morgan fingerprint density at radius 3 is 2.29 bits per heavy atom. The maximum atomic E-state index is 13.6. The van der Waals surface area contributed by atoms with E-state index in [-0.39, 0.29) is 31.0 Å². The molecule has 8 heteroatoms. The lowest BCUT2D eigenvalue weighted by Crippen LogP contribution is -2.63. The monoisotopic (exact) mass is 468 g/mol. The highest BCUT2D eigenvalue weighted by Gasteiger charge is 2.46. The SMILES string of the molecule is COC(=O)c1ccc(C(C)NC(=O)C2(N(CCOc3ccccc3)C(C)=O)CCOCC2)cc1. The zero-order chi connectivity index (χ0) is 24.6. The second kappa shape index (κ2) is 11.7. The predicted molar refractivity (Wildman–Crippen MR) is 126 cm³/mol. The molecule has 3 rings (SSSR count). The van der Waals surface area contributed by atoms with E-state index in [4.69, 9.17) is 14.2 Å². The highest BCUT2D eigenvalue weighted by Crippen LogP contribution is 2.30. The van der Waals surface area contributed by atoms with Crippen molar-refractivity contribution in [1.82, 2.24) is 10.2 Å². The van der Waals surface area contributed by atoms with Gasteiger partial charge in [0, 0.05) is 33.0 Å². The van der Waals surface area contributed by atoms with Crippen molar-refractivity contribution in [3.63, 3.8) is 0 Å². The van der Waals surface area contributed by atoms with E-state index in [1.165, 1.54) is 14.0 Å². The van der Waals surface area contributed by atoms with Crippen LogP contribution < -0.4 is 10.1 Å². The zero-order valence-corrected chi connectivity index (χ0v) is 19.9. The first-order valence-corrected chi connectivity index (χ1v) is 11.4. The Kier molecular flexibility index (Phi) is 8.65. The fraction of sp³-hybridized carbons (Fsp3) is 0.423. The van der Waals surface area contributed by atoms with E-state index in [0.717, 1.165) is 5.56 Å². The molecular formula is C26H32N2O6. The number of hydrogen-bond donors (Lipinski definition) is 1. The average Bonchev–Trinajstić information content (AvgIpc) is 2.87. The Hall–Kier alpha value is -3.39. The van der Waals surface area contributed by atoms with Crippen LogP contribution in [0.4, 0.5) is 0 Å². The molecule has 0 aliphatic carbocycles. The van der Waals surface area contributed by atoms with Crippen LogP contribution in [0.1, 0.15) is 48.7 Å². The van der Waals surface area contributed by atoms with Gasteiger partial charge in [-0.2, -0.15) is 0 Å². The van der Waals surface area contributed by atoms with Crippen molar-refractivity contribution in [2.75, 3.05) is 33.5 Å². The first-order chi connectivity index (χ1) is 16.4. The molecule has 1 aliphatic heterocycles. The summed E-state index contributed by atoms with van der Waals surface area (Å²) in [5.41, 5.74) is 0.251. The Bertz CT molecular complexity index is 971. The van der Waals surface area contributed by atoms with Gasteiger partial charge in [0.25, 0.3) is 0 Å². The minimum atomic E-state index is -1.02. The van der Waals surface area contributed by atoms with E-state index in [1.54, 1.807) is 29.2 Å². The second-order valence-corrected chi connectivity index (χ2v) is 8.28. The highest BCUT2D eigenvalue weighted by molar-refractivity contribution is 5.91. The number of para-hydroxylation sites is 1. The summed E-state index contributed by atoms with van der Waals surface area (Å²) in [5, 5.41) is 3.07. The average molecular weight is 469 g/mol. The molecule has 34 heavy (non-hydrogen) atoms. The fourth-order valence-electron chi connectivity index (χ4n) is 4.21. The molecule has 1 heterocycles. The van der Waals surface area contributed by atoms with Crippen LogP contribution in [0.5, 0.6) is 5.75 Å². The number of nitrogens with one attached hydrogen (secondary N) is 1. The van der Waals surface area contributed by atoms with Crippen LogP contribution in [0.2, 0.25) is 0 Å². The zero-order valence-electron chi connectivity index (χ0n) is 19.9. The largest absolute Gasteiger partial charge is 0.492 e. The molecule has 1 aliphatic rings. The third-order valence-corrected chi connectivity index (χ3v) is 6.15. The minimum Gasteiger partial charge on any atom is -0.492 e. The molecule has 1 saturated heterocycles. The summed E-state index contributed by atoms with van der Waals surface area (Å²) in [7, 11) is 1.33. The van der Waals surface area contributed by atoms with Gasteiger partial charge in [-0.1, -0.05) is 30.3 Å². The molecule has 0 bridgehead atoms. The molecule has 182 valence electrons. The van der Waals surface area contributed by atoms with Gasteiger partial charge in [-0.15, -0.1) is 0 Å². The molecule has 1 fully saturated rings. The van der Waals surface area contributed by atoms with Gasteiger partial charge in [0.05, 0.1) is 25.3 Å². The number of carbonyl (C=O) groups excluding carboxylic acids is 3. The van der Waals surface area contributed by atoms with E-state index in [0.29, 0.717) is 37.4 Å². The molecule has 8 nitrogen and oxygen atoms in total. The van der Waals surface area contributed by atoms with Gasteiger partial charge >= 0.3 is 5.97 Å². The van der Waals surface area contributed by atoms with Crippen molar-refractivity contribution in [3.8, 4) is 5.75 Å². The lowest BCUT2D eigenvalue weighted by Gasteiger charge is -2.45. The predicted octanol–water partition coefficient (Wildman–Crippen LogP) is 3.13. The van der Waals surface area contributed by atoms with Crippen molar-refractivity contribution in [3.05, 3.63) is 65.7 Å². The second-order valence-electron chi connectivity index (χ2n) is 8.28. The molecule has 1 unspecified atom stereocenters. The maximum Gasteiger partial charge on any atom is 0.337 e. The number of ether oxygens (including phenoxy) is 3. The first-order valence-electron chi connectivity index (χ1n) is 11.4. The summed E-state index contributed by atoms with van der Waals surface area (Å²) in [6, 6.07) is 15.9. The van der Waals surface area contributed by atoms with Crippen LogP contribution in [-0.2, 0) is 19.1 Å². The number of hydrogen-bond acceptors (Lipinski definition) is 6. The van der Waals surface area contributed by atoms with Gasteiger partial charge in [-0.3, -0.25) is 9.59 Å². The summed E-state index contributed by atoms with van der Waals surface area (Å²) in [5.74, 6) is -0.126.